The largest absolute Gasteiger partial charge is 0.484 e. The summed E-state index contributed by atoms with van der Waals surface area (Å²) in [6.45, 7) is 5.40. The molecule has 1 amide bonds. The fourth-order valence-corrected chi connectivity index (χ4v) is 3.75. The third-order valence-corrected chi connectivity index (χ3v) is 5.82. The van der Waals surface area contributed by atoms with Crippen molar-refractivity contribution in [2.24, 2.45) is 0 Å². The van der Waals surface area contributed by atoms with Crippen molar-refractivity contribution in [1.82, 2.24) is 9.47 Å². The van der Waals surface area contributed by atoms with Crippen molar-refractivity contribution < 1.29 is 14.3 Å². The molecular formula is C22H23Cl2N3O3. The highest BCUT2D eigenvalue weighted by atomic mass is 35.5. The van der Waals surface area contributed by atoms with Crippen molar-refractivity contribution in [2.45, 2.75) is 6.54 Å². The smallest absolute Gasteiger partial charge is 0.262 e. The van der Waals surface area contributed by atoms with Crippen molar-refractivity contribution in [3.63, 3.8) is 0 Å². The Morgan fingerprint density at radius 1 is 1.03 bits per heavy atom. The number of ether oxygens (including phenoxy) is 2. The molecule has 0 unspecified atom stereocenters. The lowest BCUT2D eigenvalue weighted by Crippen LogP contribution is -2.38. The van der Waals surface area contributed by atoms with Gasteiger partial charge in [-0.3, -0.25) is 9.69 Å². The molecule has 8 heteroatoms. The molecule has 1 N–H and O–H groups in total. The zero-order valence-corrected chi connectivity index (χ0v) is 18.0. The van der Waals surface area contributed by atoms with Crippen molar-refractivity contribution in [3.8, 4) is 5.75 Å². The lowest BCUT2D eigenvalue weighted by molar-refractivity contribution is -0.118. The number of nitrogens with zero attached hydrogens (tertiary/aromatic N) is 2. The molecule has 2 heterocycles. The summed E-state index contributed by atoms with van der Waals surface area (Å²) in [4.78, 5) is 14.7. The summed E-state index contributed by atoms with van der Waals surface area (Å²) in [5, 5.41) is 4.78. The number of rotatable bonds is 7. The Morgan fingerprint density at radius 3 is 2.67 bits per heavy atom. The fraction of sp³-hybridized carbons (Fsp3) is 0.318. The summed E-state index contributed by atoms with van der Waals surface area (Å²) >= 11 is 11.8. The standard InChI is InChI=1S/C22H23Cl2N3O3/c23-19-3-2-18(14-20(19)24)30-15-22(28)25-17-1-4-21-16(13-17)5-6-27(21)8-7-26-9-11-29-12-10-26/h1-6,13-14H,7-12,15H2,(H,25,28). The van der Waals surface area contributed by atoms with Crippen LogP contribution in [0, 0.1) is 0 Å². The molecule has 3 aromatic rings. The van der Waals surface area contributed by atoms with Gasteiger partial charge in [0.05, 0.1) is 23.3 Å². The van der Waals surface area contributed by atoms with Crippen molar-refractivity contribution >= 4 is 45.7 Å². The van der Waals surface area contributed by atoms with Gasteiger partial charge in [0.15, 0.2) is 6.61 Å². The van der Waals surface area contributed by atoms with E-state index in [1.54, 1.807) is 18.2 Å². The van der Waals surface area contributed by atoms with E-state index < -0.39 is 0 Å². The van der Waals surface area contributed by atoms with Crippen LogP contribution in [0.25, 0.3) is 10.9 Å². The number of anilines is 1. The highest BCUT2D eigenvalue weighted by Gasteiger charge is 2.11. The molecule has 1 fully saturated rings. The van der Waals surface area contributed by atoms with Crippen LogP contribution >= 0.6 is 23.2 Å². The number of hydrogen-bond donors (Lipinski definition) is 1. The third-order valence-electron chi connectivity index (χ3n) is 5.08. The molecule has 0 atom stereocenters. The van der Waals surface area contributed by atoms with E-state index in [-0.39, 0.29) is 12.5 Å². The zero-order chi connectivity index (χ0) is 20.9. The number of aromatic nitrogens is 1. The second kappa shape index (κ2) is 9.71. The van der Waals surface area contributed by atoms with E-state index in [4.69, 9.17) is 32.7 Å². The average Bonchev–Trinajstić information content (AvgIpc) is 3.16. The molecule has 4 rings (SSSR count). The van der Waals surface area contributed by atoms with Crippen LogP contribution in [0.1, 0.15) is 0 Å². The number of morpholine rings is 1. The van der Waals surface area contributed by atoms with Gasteiger partial charge in [-0.25, -0.2) is 0 Å². The lowest BCUT2D eigenvalue weighted by Gasteiger charge is -2.26. The summed E-state index contributed by atoms with van der Waals surface area (Å²) in [5.41, 5.74) is 1.88. The normalized spacial score (nSPS) is 14.7. The topological polar surface area (TPSA) is 55.7 Å². The van der Waals surface area contributed by atoms with Gasteiger partial charge < -0.3 is 19.4 Å². The van der Waals surface area contributed by atoms with E-state index >= 15 is 0 Å². The first-order chi connectivity index (χ1) is 14.6. The number of fused-ring (bicyclic) bond motifs is 1. The molecular weight excluding hydrogens is 425 g/mol. The van der Waals surface area contributed by atoms with Gasteiger partial charge in [-0.1, -0.05) is 23.2 Å². The first-order valence-electron chi connectivity index (χ1n) is 9.85. The lowest BCUT2D eigenvalue weighted by atomic mass is 10.2. The summed E-state index contributed by atoms with van der Waals surface area (Å²) in [6, 6.07) is 12.9. The Hall–Kier alpha value is -2.25. The van der Waals surface area contributed by atoms with Crippen LogP contribution < -0.4 is 10.1 Å². The maximum atomic E-state index is 12.2. The molecule has 1 aliphatic heterocycles. The highest BCUT2D eigenvalue weighted by molar-refractivity contribution is 6.42. The van der Waals surface area contributed by atoms with Crippen LogP contribution in [-0.4, -0.2) is 54.8 Å². The number of nitrogens with one attached hydrogen (secondary N) is 1. The summed E-state index contributed by atoms with van der Waals surface area (Å²) in [5.74, 6) is 0.250. The van der Waals surface area contributed by atoms with Gasteiger partial charge >= 0.3 is 0 Å². The van der Waals surface area contributed by atoms with E-state index in [9.17, 15) is 4.79 Å². The van der Waals surface area contributed by atoms with Gasteiger partial charge in [0, 0.05) is 55.0 Å². The monoisotopic (exact) mass is 447 g/mol. The van der Waals surface area contributed by atoms with Gasteiger partial charge in [0.2, 0.25) is 0 Å². The minimum absolute atomic E-state index is 0.115. The molecule has 0 radical (unpaired) electrons. The predicted octanol–water partition coefficient (Wildman–Crippen LogP) is 4.30. The number of carbonyl (C=O) groups excluding carboxylic acids is 1. The first-order valence-corrected chi connectivity index (χ1v) is 10.6. The molecule has 0 saturated carbocycles. The average molecular weight is 448 g/mol. The van der Waals surface area contributed by atoms with Crippen LogP contribution in [0.15, 0.2) is 48.7 Å². The zero-order valence-electron chi connectivity index (χ0n) is 16.4. The van der Waals surface area contributed by atoms with Crippen LogP contribution in [0.3, 0.4) is 0 Å². The summed E-state index contributed by atoms with van der Waals surface area (Å²) in [7, 11) is 0. The molecule has 6 nitrogen and oxygen atoms in total. The Balaban J connectivity index is 1.33. The SMILES string of the molecule is O=C(COc1ccc(Cl)c(Cl)c1)Nc1ccc2c(ccn2CCN2CCOCC2)c1. The minimum Gasteiger partial charge on any atom is -0.484 e. The molecule has 158 valence electrons. The summed E-state index contributed by atoms with van der Waals surface area (Å²) in [6.07, 6.45) is 2.09. The van der Waals surface area contributed by atoms with E-state index in [0.717, 1.165) is 56.0 Å². The number of halogens is 2. The molecule has 0 bridgehead atoms. The quantitative estimate of drug-likeness (QED) is 0.586. The summed E-state index contributed by atoms with van der Waals surface area (Å²) < 4.78 is 13.1. The predicted molar refractivity (Wildman–Crippen MR) is 120 cm³/mol. The number of amides is 1. The fourth-order valence-electron chi connectivity index (χ4n) is 3.46. The molecule has 1 saturated heterocycles. The van der Waals surface area contributed by atoms with Crippen LogP contribution in [-0.2, 0) is 16.1 Å². The van der Waals surface area contributed by atoms with E-state index in [2.05, 4.69) is 27.0 Å². The molecule has 2 aromatic carbocycles. The Morgan fingerprint density at radius 2 is 1.87 bits per heavy atom. The number of hydrogen-bond acceptors (Lipinski definition) is 4. The second-order valence-electron chi connectivity index (χ2n) is 7.15. The molecule has 0 spiro atoms. The van der Waals surface area contributed by atoms with E-state index in [1.807, 2.05) is 18.2 Å². The molecule has 0 aliphatic carbocycles. The Labute approximate surface area is 185 Å². The van der Waals surface area contributed by atoms with Crippen molar-refractivity contribution in [2.75, 3.05) is 44.8 Å². The Bertz CT molecular complexity index is 1030. The second-order valence-corrected chi connectivity index (χ2v) is 7.96. The van der Waals surface area contributed by atoms with Gasteiger partial charge in [-0.05, 0) is 36.4 Å². The maximum Gasteiger partial charge on any atom is 0.262 e. The maximum absolute atomic E-state index is 12.2. The third kappa shape index (κ3) is 5.26. The van der Waals surface area contributed by atoms with Gasteiger partial charge in [-0.15, -0.1) is 0 Å². The van der Waals surface area contributed by atoms with Gasteiger partial charge in [0.1, 0.15) is 5.75 Å². The molecule has 1 aliphatic rings. The van der Waals surface area contributed by atoms with Crippen LogP contribution in [0.4, 0.5) is 5.69 Å². The first kappa shape index (κ1) is 21.0. The van der Waals surface area contributed by atoms with Gasteiger partial charge in [0.25, 0.3) is 5.91 Å². The minimum atomic E-state index is -0.243. The Kier molecular flexibility index (Phi) is 6.79. The van der Waals surface area contributed by atoms with Crippen LogP contribution in [0.2, 0.25) is 10.0 Å². The van der Waals surface area contributed by atoms with Crippen molar-refractivity contribution in [1.29, 1.82) is 0 Å². The number of benzene rings is 2. The highest BCUT2D eigenvalue weighted by Crippen LogP contribution is 2.26. The van der Waals surface area contributed by atoms with E-state index in [1.165, 1.54) is 0 Å². The van der Waals surface area contributed by atoms with Crippen LogP contribution in [0.5, 0.6) is 5.75 Å². The van der Waals surface area contributed by atoms with Gasteiger partial charge in [-0.2, -0.15) is 0 Å². The van der Waals surface area contributed by atoms with E-state index in [0.29, 0.717) is 15.8 Å². The number of carbonyl (C=O) groups is 1. The van der Waals surface area contributed by atoms with Crippen molar-refractivity contribution in [3.05, 3.63) is 58.7 Å². The molecule has 30 heavy (non-hydrogen) atoms. The molecule has 1 aromatic heterocycles.